The molecule has 0 aliphatic rings. The number of carbonyl (C=O) groups excluding carboxylic acids is 1. The number of hydrogen-bond donors (Lipinski definition) is 1. The van der Waals surface area contributed by atoms with Gasteiger partial charge in [0.1, 0.15) is 0 Å². The summed E-state index contributed by atoms with van der Waals surface area (Å²) in [4.78, 5) is 10.8. The van der Waals surface area contributed by atoms with Crippen molar-refractivity contribution in [2.45, 2.75) is 26.2 Å². The highest BCUT2D eigenvalue weighted by atomic mass is 19.3. The number of rotatable bonds is 4. The topological polar surface area (TPSA) is 29.1 Å². The SMILES string of the molecule is CCCc1ccccc1NC(=O)C(F)F. The number of carbonyl (C=O) groups is 1. The Balaban J connectivity index is 2.79. The normalized spacial score (nSPS) is 10.4. The van der Waals surface area contributed by atoms with Gasteiger partial charge in [-0.15, -0.1) is 0 Å². The predicted molar refractivity (Wildman–Crippen MR) is 55.1 cm³/mol. The average molecular weight is 213 g/mol. The van der Waals surface area contributed by atoms with Gasteiger partial charge < -0.3 is 5.32 Å². The molecule has 4 heteroatoms. The van der Waals surface area contributed by atoms with E-state index in [4.69, 9.17) is 0 Å². The number of para-hydroxylation sites is 1. The summed E-state index contributed by atoms with van der Waals surface area (Å²) in [7, 11) is 0. The van der Waals surface area contributed by atoms with E-state index in [0.717, 1.165) is 18.4 Å². The third kappa shape index (κ3) is 3.31. The minimum Gasteiger partial charge on any atom is -0.321 e. The van der Waals surface area contributed by atoms with Crippen LogP contribution in [0.25, 0.3) is 0 Å². The second-order valence-electron chi connectivity index (χ2n) is 3.20. The van der Waals surface area contributed by atoms with Crippen molar-refractivity contribution >= 4 is 11.6 Å². The summed E-state index contributed by atoms with van der Waals surface area (Å²) in [5, 5.41) is 2.21. The van der Waals surface area contributed by atoms with Gasteiger partial charge in [-0.25, -0.2) is 0 Å². The third-order valence-corrected chi connectivity index (χ3v) is 1.99. The predicted octanol–water partition coefficient (Wildman–Crippen LogP) is 2.84. The Kier molecular flexibility index (Phi) is 4.21. The molecule has 0 bridgehead atoms. The molecule has 15 heavy (non-hydrogen) atoms. The highest BCUT2D eigenvalue weighted by molar-refractivity contribution is 5.93. The van der Waals surface area contributed by atoms with E-state index in [9.17, 15) is 13.6 Å². The molecule has 0 saturated heterocycles. The molecule has 1 aromatic rings. The van der Waals surface area contributed by atoms with E-state index in [1.165, 1.54) is 0 Å². The fraction of sp³-hybridized carbons (Fsp3) is 0.364. The molecular weight excluding hydrogens is 200 g/mol. The van der Waals surface area contributed by atoms with Gasteiger partial charge in [0.15, 0.2) is 0 Å². The second-order valence-corrected chi connectivity index (χ2v) is 3.20. The van der Waals surface area contributed by atoms with Crippen molar-refractivity contribution in [2.75, 3.05) is 5.32 Å². The van der Waals surface area contributed by atoms with Gasteiger partial charge in [-0.1, -0.05) is 31.5 Å². The molecule has 1 amide bonds. The molecule has 0 unspecified atom stereocenters. The number of nitrogens with one attached hydrogen (secondary N) is 1. The van der Waals surface area contributed by atoms with Crippen LogP contribution in [0, 0.1) is 0 Å². The first-order valence-corrected chi connectivity index (χ1v) is 4.82. The molecule has 0 radical (unpaired) electrons. The quantitative estimate of drug-likeness (QED) is 0.818. The number of anilines is 1. The van der Waals surface area contributed by atoms with Crippen LogP contribution in [-0.4, -0.2) is 12.3 Å². The van der Waals surface area contributed by atoms with Crippen molar-refractivity contribution in [3.8, 4) is 0 Å². The molecule has 0 aromatic heterocycles. The van der Waals surface area contributed by atoms with Gasteiger partial charge in [-0.05, 0) is 18.1 Å². The summed E-state index contributed by atoms with van der Waals surface area (Å²) in [5.74, 6) is -1.25. The lowest BCUT2D eigenvalue weighted by atomic mass is 10.1. The second kappa shape index (κ2) is 5.44. The summed E-state index contributed by atoms with van der Waals surface area (Å²) in [5.41, 5.74) is 1.36. The zero-order chi connectivity index (χ0) is 11.3. The van der Waals surface area contributed by atoms with Gasteiger partial charge in [0.05, 0.1) is 0 Å². The highest BCUT2D eigenvalue weighted by Gasteiger charge is 2.15. The van der Waals surface area contributed by atoms with E-state index in [1.807, 2.05) is 19.1 Å². The van der Waals surface area contributed by atoms with Crippen molar-refractivity contribution in [2.24, 2.45) is 0 Å². The van der Waals surface area contributed by atoms with Crippen LogP contribution in [0.2, 0.25) is 0 Å². The van der Waals surface area contributed by atoms with E-state index in [0.29, 0.717) is 5.69 Å². The first-order chi connectivity index (χ1) is 7.15. The van der Waals surface area contributed by atoms with Crippen molar-refractivity contribution in [1.29, 1.82) is 0 Å². The van der Waals surface area contributed by atoms with E-state index >= 15 is 0 Å². The average Bonchev–Trinajstić information content (AvgIpc) is 2.21. The largest absolute Gasteiger partial charge is 0.321 e. The molecule has 1 N–H and O–H groups in total. The molecule has 0 aliphatic heterocycles. The van der Waals surface area contributed by atoms with Crippen molar-refractivity contribution in [3.63, 3.8) is 0 Å². The molecular formula is C11H13F2NO. The van der Waals surface area contributed by atoms with Crippen LogP contribution in [0.1, 0.15) is 18.9 Å². The Labute approximate surface area is 87.3 Å². The molecule has 1 aromatic carbocycles. The molecule has 1 rings (SSSR count). The van der Waals surface area contributed by atoms with Gasteiger partial charge in [-0.2, -0.15) is 8.78 Å². The highest BCUT2D eigenvalue weighted by Crippen LogP contribution is 2.17. The fourth-order valence-electron chi connectivity index (χ4n) is 1.32. The number of halogens is 2. The first kappa shape index (κ1) is 11.6. The maximum atomic E-state index is 12.0. The molecule has 0 fully saturated rings. The maximum absolute atomic E-state index is 12.0. The summed E-state index contributed by atoms with van der Waals surface area (Å²) in [6, 6.07) is 6.99. The Morgan fingerprint density at radius 2 is 2.07 bits per heavy atom. The smallest absolute Gasteiger partial charge is 0.315 e. The number of aryl methyl sites for hydroxylation is 1. The standard InChI is InChI=1S/C11H13F2NO/c1-2-5-8-6-3-4-7-9(8)14-11(15)10(12)13/h3-4,6-7,10H,2,5H2,1H3,(H,14,15). The van der Waals surface area contributed by atoms with Crippen LogP contribution in [0.3, 0.4) is 0 Å². The molecule has 0 heterocycles. The number of alkyl halides is 2. The van der Waals surface area contributed by atoms with Crippen LogP contribution >= 0.6 is 0 Å². The third-order valence-electron chi connectivity index (χ3n) is 1.99. The van der Waals surface area contributed by atoms with Crippen molar-refractivity contribution in [1.82, 2.24) is 0 Å². The number of amides is 1. The molecule has 0 atom stereocenters. The van der Waals surface area contributed by atoms with Gasteiger partial charge in [0.25, 0.3) is 5.91 Å². The lowest BCUT2D eigenvalue weighted by Gasteiger charge is -2.09. The lowest BCUT2D eigenvalue weighted by molar-refractivity contribution is -0.126. The summed E-state index contributed by atoms with van der Waals surface area (Å²) in [6.45, 7) is 1.99. The van der Waals surface area contributed by atoms with E-state index in [1.54, 1.807) is 12.1 Å². The van der Waals surface area contributed by atoms with Gasteiger partial charge in [-0.3, -0.25) is 4.79 Å². The summed E-state index contributed by atoms with van der Waals surface area (Å²) >= 11 is 0. The molecule has 82 valence electrons. The summed E-state index contributed by atoms with van der Waals surface area (Å²) in [6.07, 6.45) is -1.30. The zero-order valence-electron chi connectivity index (χ0n) is 8.47. The van der Waals surface area contributed by atoms with Crippen LogP contribution in [0.15, 0.2) is 24.3 Å². The summed E-state index contributed by atoms with van der Waals surface area (Å²) < 4.78 is 24.0. The Morgan fingerprint density at radius 3 is 2.67 bits per heavy atom. The first-order valence-electron chi connectivity index (χ1n) is 4.82. The van der Waals surface area contributed by atoms with Crippen LogP contribution in [0.4, 0.5) is 14.5 Å². The number of hydrogen-bond acceptors (Lipinski definition) is 1. The van der Waals surface area contributed by atoms with E-state index < -0.39 is 12.3 Å². The van der Waals surface area contributed by atoms with Crippen LogP contribution in [0.5, 0.6) is 0 Å². The molecule has 0 spiro atoms. The number of benzene rings is 1. The maximum Gasteiger partial charge on any atom is 0.315 e. The fourth-order valence-corrected chi connectivity index (χ4v) is 1.32. The van der Waals surface area contributed by atoms with Crippen molar-refractivity contribution in [3.05, 3.63) is 29.8 Å². The van der Waals surface area contributed by atoms with Crippen LogP contribution < -0.4 is 5.32 Å². The van der Waals surface area contributed by atoms with Gasteiger partial charge in [0.2, 0.25) is 0 Å². The van der Waals surface area contributed by atoms with E-state index in [2.05, 4.69) is 5.32 Å². The molecule has 0 saturated carbocycles. The Hall–Kier alpha value is -1.45. The zero-order valence-corrected chi connectivity index (χ0v) is 8.47. The monoisotopic (exact) mass is 213 g/mol. The molecule has 2 nitrogen and oxygen atoms in total. The van der Waals surface area contributed by atoms with Crippen LogP contribution in [-0.2, 0) is 11.2 Å². The Bertz CT molecular complexity index is 339. The van der Waals surface area contributed by atoms with Gasteiger partial charge in [0, 0.05) is 5.69 Å². The Morgan fingerprint density at radius 1 is 1.40 bits per heavy atom. The van der Waals surface area contributed by atoms with E-state index in [-0.39, 0.29) is 0 Å². The lowest BCUT2D eigenvalue weighted by Crippen LogP contribution is -2.20. The minimum atomic E-state index is -2.97. The van der Waals surface area contributed by atoms with Crippen molar-refractivity contribution < 1.29 is 13.6 Å². The van der Waals surface area contributed by atoms with Gasteiger partial charge >= 0.3 is 6.43 Å². The minimum absolute atomic E-state index is 0.477. The molecule has 0 aliphatic carbocycles.